The zero-order chi connectivity index (χ0) is 15.7. The molecule has 0 amide bonds. The van der Waals surface area contributed by atoms with Gasteiger partial charge in [0.2, 0.25) is 10.0 Å². The Hall–Kier alpha value is -0.920. The van der Waals surface area contributed by atoms with Crippen molar-refractivity contribution in [3.8, 4) is 0 Å². The number of halogens is 1. The van der Waals surface area contributed by atoms with Crippen molar-refractivity contribution in [1.29, 1.82) is 0 Å². The second-order valence-electron chi connectivity index (χ2n) is 5.63. The molecule has 1 aliphatic carbocycles. The van der Waals surface area contributed by atoms with Gasteiger partial charge in [-0.05, 0) is 49.8 Å². The molecule has 116 valence electrons. The SMILES string of the molecule is CC1CCC(NS(=O)(=O)c2cccc(Br)c2)(C(=O)O)CC1. The summed E-state index contributed by atoms with van der Waals surface area (Å²) >= 11 is 3.22. The Morgan fingerprint density at radius 1 is 1.38 bits per heavy atom. The third-order valence-corrected chi connectivity index (χ3v) is 6.00. The average molecular weight is 376 g/mol. The van der Waals surface area contributed by atoms with Crippen LogP contribution in [0.2, 0.25) is 0 Å². The highest BCUT2D eigenvalue weighted by molar-refractivity contribution is 9.10. The van der Waals surface area contributed by atoms with Gasteiger partial charge in [0.05, 0.1) is 4.90 Å². The molecule has 0 unspecified atom stereocenters. The number of carboxylic acid groups (broad SMARTS) is 1. The van der Waals surface area contributed by atoms with Crippen molar-refractivity contribution in [3.05, 3.63) is 28.7 Å². The van der Waals surface area contributed by atoms with Gasteiger partial charge in [-0.3, -0.25) is 4.79 Å². The number of sulfonamides is 1. The number of aliphatic carboxylic acids is 1. The van der Waals surface area contributed by atoms with Crippen LogP contribution in [0.4, 0.5) is 0 Å². The van der Waals surface area contributed by atoms with Crippen LogP contribution in [-0.2, 0) is 14.8 Å². The third kappa shape index (κ3) is 3.64. The molecule has 7 heteroatoms. The lowest BCUT2D eigenvalue weighted by atomic mass is 9.78. The molecule has 0 heterocycles. The second-order valence-corrected chi connectivity index (χ2v) is 8.23. The van der Waals surface area contributed by atoms with Gasteiger partial charge in [-0.15, -0.1) is 0 Å². The van der Waals surface area contributed by atoms with Crippen molar-refractivity contribution in [2.24, 2.45) is 5.92 Å². The van der Waals surface area contributed by atoms with Gasteiger partial charge < -0.3 is 5.11 Å². The number of carbonyl (C=O) groups is 1. The predicted molar refractivity (Wildman–Crippen MR) is 82.5 cm³/mol. The molecule has 0 atom stereocenters. The molecule has 0 aliphatic heterocycles. The average Bonchev–Trinajstić information content (AvgIpc) is 2.41. The van der Waals surface area contributed by atoms with Crippen molar-refractivity contribution in [2.45, 2.75) is 43.0 Å². The van der Waals surface area contributed by atoms with E-state index >= 15 is 0 Å². The molecule has 1 aromatic rings. The van der Waals surface area contributed by atoms with E-state index < -0.39 is 21.5 Å². The third-order valence-electron chi connectivity index (χ3n) is 3.97. The van der Waals surface area contributed by atoms with Crippen LogP contribution < -0.4 is 4.72 Å². The molecule has 21 heavy (non-hydrogen) atoms. The first-order chi connectivity index (χ1) is 9.75. The monoisotopic (exact) mass is 375 g/mol. The first kappa shape index (κ1) is 16.5. The lowest BCUT2D eigenvalue weighted by Crippen LogP contribution is -2.56. The summed E-state index contributed by atoms with van der Waals surface area (Å²) in [5, 5.41) is 9.50. The van der Waals surface area contributed by atoms with Crippen molar-refractivity contribution < 1.29 is 18.3 Å². The van der Waals surface area contributed by atoms with Crippen LogP contribution in [0.5, 0.6) is 0 Å². The second kappa shape index (κ2) is 6.06. The molecule has 5 nitrogen and oxygen atoms in total. The standard InChI is InChI=1S/C14H18BrNO4S/c1-10-5-7-14(8-6-10,13(17)18)16-21(19,20)12-4-2-3-11(15)9-12/h2-4,9-10,16H,5-8H2,1H3,(H,17,18). The molecule has 1 aromatic carbocycles. The van der Waals surface area contributed by atoms with Crippen molar-refractivity contribution in [1.82, 2.24) is 4.72 Å². The summed E-state index contributed by atoms with van der Waals surface area (Å²) in [4.78, 5) is 11.7. The molecule has 0 radical (unpaired) electrons. The Kier molecular flexibility index (Phi) is 4.75. The number of hydrogen-bond donors (Lipinski definition) is 2. The number of carboxylic acids is 1. The first-order valence-corrected chi connectivity index (χ1v) is 9.06. The lowest BCUT2D eigenvalue weighted by Gasteiger charge is -2.36. The van der Waals surface area contributed by atoms with E-state index in [0.717, 1.165) is 0 Å². The summed E-state index contributed by atoms with van der Waals surface area (Å²) in [6.45, 7) is 2.05. The molecule has 0 spiro atoms. The van der Waals surface area contributed by atoms with E-state index in [9.17, 15) is 18.3 Å². The van der Waals surface area contributed by atoms with E-state index in [0.29, 0.717) is 36.1 Å². The highest BCUT2D eigenvalue weighted by atomic mass is 79.9. The Bertz CT molecular complexity index is 636. The zero-order valence-corrected chi connectivity index (χ0v) is 14.1. The van der Waals surface area contributed by atoms with Crippen LogP contribution in [0.15, 0.2) is 33.6 Å². The van der Waals surface area contributed by atoms with Gasteiger partial charge in [-0.2, -0.15) is 4.72 Å². The maximum atomic E-state index is 12.4. The largest absolute Gasteiger partial charge is 0.480 e. The van der Waals surface area contributed by atoms with Crippen molar-refractivity contribution in [2.75, 3.05) is 0 Å². The lowest BCUT2D eigenvalue weighted by molar-refractivity contribution is -0.145. The fraction of sp³-hybridized carbons (Fsp3) is 0.500. The fourth-order valence-electron chi connectivity index (χ4n) is 2.56. The number of rotatable bonds is 4. The predicted octanol–water partition coefficient (Wildman–Crippen LogP) is 2.76. The summed E-state index contributed by atoms with van der Waals surface area (Å²) in [5.74, 6) is -0.680. The van der Waals surface area contributed by atoms with E-state index in [2.05, 4.69) is 27.6 Å². The van der Waals surface area contributed by atoms with E-state index in [1.54, 1.807) is 12.1 Å². The van der Waals surface area contributed by atoms with E-state index in [1.165, 1.54) is 12.1 Å². The zero-order valence-electron chi connectivity index (χ0n) is 11.7. The van der Waals surface area contributed by atoms with Gasteiger partial charge >= 0.3 is 5.97 Å². The molecule has 2 N–H and O–H groups in total. The van der Waals surface area contributed by atoms with Gasteiger partial charge in [0.15, 0.2) is 0 Å². The van der Waals surface area contributed by atoms with Crippen LogP contribution >= 0.6 is 15.9 Å². The molecule has 1 aliphatic rings. The maximum Gasteiger partial charge on any atom is 0.324 e. The summed E-state index contributed by atoms with van der Waals surface area (Å²) in [6, 6.07) is 6.24. The molecule has 0 aromatic heterocycles. The number of nitrogens with one attached hydrogen (secondary N) is 1. The minimum Gasteiger partial charge on any atom is -0.480 e. The van der Waals surface area contributed by atoms with Gasteiger partial charge in [0.1, 0.15) is 5.54 Å². The summed E-state index contributed by atoms with van der Waals surface area (Å²) in [5.41, 5.74) is -1.40. The maximum absolute atomic E-state index is 12.4. The molecule has 2 rings (SSSR count). The number of hydrogen-bond acceptors (Lipinski definition) is 3. The summed E-state index contributed by atoms with van der Waals surface area (Å²) < 4.78 is 28.0. The molecular weight excluding hydrogens is 358 g/mol. The minimum absolute atomic E-state index is 0.0659. The molecule has 1 saturated carbocycles. The summed E-state index contributed by atoms with van der Waals surface area (Å²) in [7, 11) is -3.86. The Morgan fingerprint density at radius 2 is 2.00 bits per heavy atom. The number of benzene rings is 1. The Labute approximate surface area is 132 Å². The van der Waals surface area contributed by atoms with Gasteiger partial charge in [0, 0.05) is 4.47 Å². The Balaban J connectivity index is 2.30. The van der Waals surface area contributed by atoms with Crippen LogP contribution in [0.3, 0.4) is 0 Å². The molecule has 0 bridgehead atoms. The summed E-state index contributed by atoms with van der Waals surface area (Å²) in [6.07, 6.45) is 2.04. The normalized spacial score (nSPS) is 26.5. The molecule has 1 fully saturated rings. The smallest absolute Gasteiger partial charge is 0.324 e. The first-order valence-electron chi connectivity index (χ1n) is 6.78. The quantitative estimate of drug-likeness (QED) is 0.847. The molecule has 0 saturated heterocycles. The van der Waals surface area contributed by atoms with Crippen LogP contribution in [0, 0.1) is 5.92 Å². The van der Waals surface area contributed by atoms with Gasteiger partial charge in [-0.25, -0.2) is 8.42 Å². The van der Waals surface area contributed by atoms with Crippen LogP contribution in [-0.4, -0.2) is 25.0 Å². The van der Waals surface area contributed by atoms with Crippen LogP contribution in [0.25, 0.3) is 0 Å². The van der Waals surface area contributed by atoms with Crippen molar-refractivity contribution >= 4 is 31.9 Å². The molecular formula is C14H18BrNO4S. The van der Waals surface area contributed by atoms with E-state index in [4.69, 9.17) is 0 Å². The van der Waals surface area contributed by atoms with E-state index in [1.807, 2.05) is 0 Å². The van der Waals surface area contributed by atoms with E-state index in [-0.39, 0.29) is 4.90 Å². The minimum atomic E-state index is -3.86. The highest BCUT2D eigenvalue weighted by Crippen LogP contribution is 2.33. The fourth-order valence-corrected chi connectivity index (χ4v) is 4.58. The van der Waals surface area contributed by atoms with Crippen LogP contribution in [0.1, 0.15) is 32.6 Å². The topological polar surface area (TPSA) is 83.5 Å². The van der Waals surface area contributed by atoms with Gasteiger partial charge in [0.25, 0.3) is 0 Å². The van der Waals surface area contributed by atoms with Gasteiger partial charge in [-0.1, -0.05) is 28.9 Å². The Morgan fingerprint density at radius 3 is 2.52 bits per heavy atom. The highest BCUT2D eigenvalue weighted by Gasteiger charge is 2.44. The van der Waals surface area contributed by atoms with Crippen molar-refractivity contribution in [3.63, 3.8) is 0 Å².